The van der Waals surface area contributed by atoms with E-state index in [1.807, 2.05) is 6.92 Å². The zero-order valence-corrected chi connectivity index (χ0v) is 9.58. The number of ketones is 1. The minimum absolute atomic E-state index is 0.167. The van der Waals surface area contributed by atoms with E-state index in [4.69, 9.17) is 0 Å². The van der Waals surface area contributed by atoms with E-state index >= 15 is 0 Å². The van der Waals surface area contributed by atoms with Crippen LogP contribution in [0.4, 0.5) is 0 Å². The molecule has 2 heteroatoms. The fourth-order valence-electron chi connectivity index (χ4n) is 1.34. The van der Waals surface area contributed by atoms with Crippen LogP contribution < -0.4 is 0 Å². The molecule has 15 heavy (non-hydrogen) atoms. The third kappa shape index (κ3) is 4.54. The van der Waals surface area contributed by atoms with Crippen molar-refractivity contribution >= 4 is 11.5 Å². The van der Waals surface area contributed by atoms with Gasteiger partial charge in [0, 0.05) is 12.1 Å². The fraction of sp³-hybridized carbons (Fsp3) is 0.385. The second kappa shape index (κ2) is 5.44. The Morgan fingerprint density at radius 2 is 1.80 bits per heavy atom. The number of aliphatic imine (C=N–C) groups is 1. The summed E-state index contributed by atoms with van der Waals surface area (Å²) in [6.45, 7) is 6.22. The average Bonchev–Trinajstić information content (AvgIpc) is 2.16. The number of carbonyl (C=O) groups excluding carboxylic acids is 1. The molecule has 80 valence electrons. The van der Waals surface area contributed by atoms with E-state index in [0.717, 1.165) is 5.71 Å². The Kier molecular flexibility index (Phi) is 4.22. The van der Waals surface area contributed by atoms with Crippen LogP contribution in [-0.2, 0) is 11.3 Å². The molecule has 0 heterocycles. The highest BCUT2D eigenvalue weighted by Crippen LogP contribution is 2.05. The van der Waals surface area contributed by atoms with Gasteiger partial charge >= 0.3 is 0 Å². The molecular formula is C13H17NO. The Morgan fingerprint density at radius 3 is 2.33 bits per heavy atom. The molecule has 2 nitrogen and oxygen atoms in total. The number of carbonyl (C=O) groups is 1. The van der Waals surface area contributed by atoms with E-state index in [1.165, 1.54) is 11.1 Å². The van der Waals surface area contributed by atoms with Gasteiger partial charge in [-0.25, -0.2) is 0 Å². The van der Waals surface area contributed by atoms with Crippen LogP contribution in [-0.4, -0.2) is 11.5 Å². The summed E-state index contributed by atoms with van der Waals surface area (Å²) in [4.78, 5) is 15.2. The largest absolute Gasteiger partial charge is 0.300 e. The van der Waals surface area contributed by atoms with Gasteiger partial charge in [0.1, 0.15) is 5.78 Å². The van der Waals surface area contributed by atoms with Crippen molar-refractivity contribution in [2.75, 3.05) is 0 Å². The standard InChI is InChI=1S/C13H17NO/c1-10-4-6-13(7-5-10)9-14-11(2)8-12(3)15/h4-7H,8-9H2,1-3H3. The van der Waals surface area contributed by atoms with Gasteiger partial charge in [-0.1, -0.05) is 29.8 Å². The number of aryl methyl sites for hydroxylation is 1. The molecule has 0 amide bonds. The lowest BCUT2D eigenvalue weighted by atomic mass is 10.1. The maximum absolute atomic E-state index is 10.8. The molecule has 0 saturated carbocycles. The van der Waals surface area contributed by atoms with Gasteiger partial charge in [0.15, 0.2) is 0 Å². The molecule has 0 aliphatic rings. The molecule has 0 aliphatic heterocycles. The molecule has 0 N–H and O–H groups in total. The maximum atomic E-state index is 10.8. The maximum Gasteiger partial charge on any atom is 0.135 e. The summed E-state index contributed by atoms with van der Waals surface area (Å²) in [5.41, 5.74) is 3.34. The Hall–Kier alpha value is -1.44. The normalized spacial score (nSPS) is 11.5. The summed E-state index contributed by atoms with van der Waals surface area (Å²) in [6, 6.07) is 8.29. The van der Waals surface area contributed by atoms with Gasteiger partial charge in [-0.05, 0) is 26.3 Å². The first-order valence-corrected chi connectivity index (χ1v) is 5.13. The summed E-state index contributed by atoms with van der Waals surface area (Å²) >= 11 is 0. The van der Waals surface area contributed by atoms with Crippen LogP contribution in [0.25, 0.3) is 0 Å². The zero-order valence-electron chi connectivity index (χ0n) is 9.58. The minimum atomic E-state index is 0.167. The highest BCUT2D eigenvalue weighted by molar-refractivity contribution is 5.99. The van der Waals surface area contributed by atoms with Gasteiger partial charge in [-0.15, -0.1) is 0 Å². The molecule has 0 bridgehead atoms. The Labute approximate surface area is 91.0 Å². The highest BCUT2D eigenvalue weighted by atomic mass is 16.1. The molecule has 0 saturated heterocycles. The molecule has 0 unspecified atom stereocenters. The molecule has 1 aromatic carbocycles. The molecule has 0 fully saturated rings. The van der Waals surface area contributed by atoms with Crippen LogP contribution in [0.3, 0.4) is 0 Å². The molecule has 0 aliphatic carbocycles. The monoisotopic (exact) mass is 203 g/mol. The van der Waals surface area contributed by atoms with Crippen molar-refractivity contribution in [1.82, 2.24) is 0 Å². The second-order valence-corrected chi connectivity index (χ2v) is 3.92. The lowest BCUT2D eigenvalue weighted by molar-refractivity contribution is -0.115. The predicted octanol–water partition coefficient (Wildman–Crippen LogP) is 2.94. The summed E-state index contributed by atoms with van der Waals surface area (Å²) < 4.78 is 0. The van der Waals surface area contributed by atoms with E-state index < -0.39 is 0 Å². The highest BCUT2D eigenvalue weighted by Gasteiger charge is 1.96. The third-order valence-corrected chi connectivity index (χ3v) is 2.16. The quantitative estimate of drug-likeness (QED) is 0.692. The smallest absolute Gasteiger partial charge is 0.135 e. The third-order valence-electron chi connectivity index (χ3n) is 2.16. The van der Waals surface area contributed by atoms with Crippen molar-refractivity contribution in [2.45, 2.75) is 33.7 Å². The van der Waals surface area contributed by atoms with Crippen LogP contribution in [0.1, 0.15) is 31.4 Å². The number of Topliss-reactive ketones (excluding diaryl/α,β-unsaturated/α-hetero) is 1. The SMILES string of the molecule is CC(=O)CC(C)=NCc1ccc(C)cc1. The van der Waals surface area contributed by atoms with Crippen molar-refractivity contribution in [1.29, 1.82) is 0 Å². The van der Waals surface area contributed by atoms with E-state index in [-0.39, 0.29) is 5.78 Å². The minimum Gasteiger partial charge on any atom is -0.300 e. The lowest BCUT2D eigenvalue weighted by Crippen LogP contribution is -2.00. The van der Waals surface area contributed by atoms with Crippen molar-refractivity contribution in [3.63, 3.8) is 0 Å². The van der Waals surface area contributed by atoms with Gasteiger partial charge in [-0.3, -0.25) is 9.79 Å². The summed E-state index contributed by atoms with van der Waals surface area (Å²) in [5.74, 6) is 0.167. The first-order valence-electron chi connectivity index (χ1n) is 5.13. The van der Waals surface area contributed by atoms with E-state index in [9.17, 15) is 4.79 Å². The fourth-order valence-corrected chi connectivity index (χ4v) is 1.34. The second-order valence-electron chi connectivity index (χ2n) is 3.92. The Balaban J connectivity index is 2.55. The molecule has 0 radical (unpaired) electrons. The summed E-state index contributed by atoms with van der Waals surface area (Å²) in [6.07, 6.45) is 0.464. The molecule has 1 aromatic rings. The molecule has 1 rings (SSSR count). The van der Waals surface area contributed by atoms with Crippen molar-refractivity contribution in [3.8, 4) is 0 Å². The van der Waals surface area contributed by atoms with Gasteiger partial charge in [0.2, 0.25) is 0 Å². The number of nitrogens with zero attached hydrogens (tertiary/aromatic N) is 1. The van der Waals surface area contributed by atoms with Gasteiger partial charge in [-0.2, -0.15) is 0 Å². The van der Waals surface area contributed by atoms with Gasteiger partial charge in [0.05, 0.1) is 6.54 Å². The van der Waals surface area contributed by atoms with E-state index in [2.05, 4.69) is 36.2 Å². The molecule has 0 spiro atoms. The van der Waals surface area contributed by atoms with E-state index in [0.29, 0.717) is 13.0 Å². The van der Waals surface area contributed by atoms with Crippen molar-refractivity contribution < 1.29 is 4.79 Å². The van der Waals surface area contributed by atoms with E-state index in [1.54, 1.807) is 6.92 Å². The van der Waals surface area contributed by atoms with Crippen LogP contribution in [0.2, 0.25) is 0 Å². The average molecular weight is 203 g/mol. The van der Waals surface area contributed by atoms with Crippen LogP contribution in [0.15, 0.2) is 29.3 Å². The van der Waals surface area contributed by atoms with Gasteiger partial charge in [0.25, 0.3) is 0 Å². The topological polar surface area (TPSA) is 29.4 Å². The molecule has 0 atom stereocenters. The van der Waals surface area contributed by atoms with Crippen LogP contribution in [0.5, 0.6) is 0 Å². The first-order chi connectivity index (χ1) is 7.08. The van der Waals surface area contributed by atoms with Crippen LogP contribution in [0, 0.1) is 6.92 Å². The van der Waals surface area contributed by atoms with Crippen LogP contribution >= 0.6 is 0 Å². The number of benzene rings is 1. The Bertz CT molecular complexity index is 363. The summed E-state index contributed by atoms with van der Waals surface area (Å²) in [5, 5.41) is 0. The number of rotatable bonds is 4. The summed E-state index contributed by atoms with van der Waals surface area (Å²) in [7, 11) is 0. The van der Waals surface area contributed by atoms with Crippen molar-refractivity contribution in [2.24, 2.45) is 4.99 Å². The Morgan fingerprint density at radius 1 is 1.20 bits per heavy atom. The number of hydrogen-bond donors (Lipinski definition) is 0. The lowest BCUT2D eigenvalue weighted by Gasteiger charge is -1.99. The predicted molar refractivity (Wildman–Crippen MR) is 63.3 cm³/mol. The molecule has 0 aromatic heterocycles. The zero-order chi connectivity index (χ0) is 11.3. The van der Waals surface area contributed by atoms with Crippen molar-refractivity contribution in [3.05, 3.63) is 35.4 Å². The molecular weight excluding hydrogens is 186 g/mol. The number of hydrogen-bond acceptors (Lipinski definition) is 2. The van der Waals surface area contributed by atoms with Gasteiger partial charge < -0.3 is 0 Å². The first kappa shape index (κ1) is 11.6.